The summed E-state index contributed by atoms with van der Waals surface area (Å²) in [7, 11) is 0. The van der Waals surface area contributed by atoms with Gasteiger partial charge in [-0.25, -0.2) is 0 Å². The predicted molar refractivity (Wildman–Crippen MR) is 95.7 cm³/mol. The number of nitrogens with one attached hydrogen (secondary N) is 1. The molecule has 130 valence electrons. The lowest BCUT2D eigenvalue weighted by Crippen LogP contribution is -2.50. The van der Waals surface area contributed by atoms with Crippen molar-refractivity contribution in [1.29, 1.82) is 0 Å². The Morgan fingerprint density at radius 3 is 2.71 bits per heavy atom. The van der Waals surface area contributed by atoms with E-state index in [0.29, 0.717) is 13.0 Å². The molecule has 1 N–H and O–H groups in total. The second-order valence-corrected chi connectivity index (χ2v) is 6.40. The Kier molecular flexibility index (Phi) is 6.41. The Bertz CT molecular complexity index is 533. The van der Waals surface area contributed by atoms with E-state index >= 15 is 0 Å². The van der Waals surface area contributed by atoms with E-state index in [2.05, 4.69) is 46.6 Å². The average Bonchev–Trinajstić information content (AvgIpc) is 2.64. The third kappa shape index (κ3) is 5.16. The summed E-state index contributed by atoms with van der Waals surface area (Å²) in [4.78, 5) is 16.7. The summed E-state index contributed by atoms with van der Waals surface area (Å²) in [6.45, 7) is 6.83. The smallest absolute Gasteiger partial charge is 0.225 e. The second-order valence-electron chi connectivity index (χ2n) is 6.40. The van der Waals surface area contributed by atoms with Crippen molar-refractivity contribution in [2.45, 2.75) is 12.5 Å². The Morgan fingerprint density at radius 2 is 2.00 bits per heavy atom. The first-order valence-corrected chi connectivity index (χ1v) is 8.85. The molecule has 0 bridgehead atoms. The first-order chi connectivity index (χ1) is 11.8. The van der Waals surface area contributed by atoms with Gasteiger partial charge in [0.2, 0.25) is 5.91 Å². The SMILES string of the molecule is O=C(CC1CNCCO1)N1CCN(C/C=C/c2ccccc2)CC1. The van der Waals surface area contributed by atoms with E-state index in [0.717, 1.165) is 45.8 Å². The lowest BCUT2D eigenvalue weighted by Gasteiger charge is -2.35. The normalized spacial score (nSPS) is 22.8. The molecular formula is C19H27N3O2. The molecule has 1 amide bonds. The van der Waals surface area contributed by atoms with Gasteiger partial charge in [-0.2, -0.15) is 0 Å². The Labute approximate surface area is 144 Å². The fourth-order valence-electron chi connectivity index (χ4n) is 3.16. The Morgan fingerprint density at radius 1 is 1.21 bits per heavy atom. The number of hydrogen-bond donors (Lipinski definition) is 1. The van der Waals surface area contributed by atoms with E-state index in [4.69, 9.17) is 4.74 Å². The van der Waals surface area contributed by atoms with Gasteiger partial charge in [-0.05, 0) is 5.56 Å². The van der Waals surface area contributed by atoms with Crippen LogP contribution in [0.2, 0.25) is 0 Å². The number of carbonyl (C=O) groups is 1. The van der Waals surface area contributed by atoms with Crippen molar-refractivity contribution in [1.82, 2.24) is 15.1 Å². The topological polar surface area (TPSA) is 44.8 Å². The third-order valence-electron chi connectivity index (χ3n) is 4.61. The fourth-order valence-corrected chi connectivity index (χ4v) is 3.16. The molecule has 0 saturated carbocycles. The molecule has 3 rings (SSSR count). The van der Waals surface area contributed by atoms with Gasteiger partial charge < -0.3 is 15.0 Å². The number of carbonyl (C=O) groups excluding carboxylic acids is 1. The first-order valence-electron chi connectivity index (χ1n) is 8.85. The summed E-state index contributed by atoms with van der Waals surface area (Å²) in [6, 6.07) is 10.3. The van der Waals surface area contributed by atoms with Crippen molar-refractivity contribution in [2.75, 3.05) is 52.4 Å². The van der Waals surface area contributed by atoms with Crippen LogP contribution >= 0.6 is 0 Å². The van der Waals surface area contributed by atoms with Crippen LogP contribution < -0.4 is 5.32 Å². The number of piperazine rings is 1. The zero-order chi connectivity index (χ0) is 16.6. The maximum atomic E-state index is 12.4. The number of rotatable bonds is 5. The molecule has 2 aliphatic rings. The van der Waals surface area contributed by atoms with Gasteiger partial charge in [-0.15, -0.1) is 0 Å². The van der Waals surface area contributed by atoms with Gasteiger partial charge in [0.25, 0.3) is 0 Å². The van der Waals surface area contributed by atoms with Crippen LogP contribution in [0.4, 0.5) is 0 Å². The summed E-state index contributed by atoms with van der Waals surface area (Å²) >= 11 is 0. The quantitative estimate of drug-likeness (QED) is 0.882. The highest BCUT2D eigenvalue weighted by Gasteiger charge is 2.24. The van der Waals surface area contributed by atoms with Gasteiger partial charge in [-0.3, -0.25) is 9.69 Å². The standard InChI is InChI=1S/C19H27N3O2/c23-19(15-18-16-20-8-14-24-18)22-12-10-21(11-13-22)9-4-7-17-5-2-1-3-6-17/h1-7,18,20H,8-16H2/b7-4+. The van der Waals surface area contributed by atoms with E-state index in [1.807, 2.05) is 11.0 Å². The van der Waals surface area contributed by atoms with E-state index < -0.39 is 0 Å². The third-order valence-corrected chi connectivity index (χ3v) is 4.61. The highest BCUT2D eigenvalue weighted by atomic mass is 16.5. The lowest BCUT2D eigenvalue weighted by atomic mass is 10.2. The predicted octanol–water partition coefficient (Wildman–Crippen LogP) is 1.22. The Hall–Kier alpha value is -1.69. The van der Waals surface area contributed by atoms with Crippen molar-refractivity contribution >= 4 is 12.0 Å². The van der Waals surface area contributed by atoms with Crippen LogP contribution in [0.3, 0.4) is 0 Å². The Balaban J connectivity index is 1.37. The highest BCUT2D eigenvalue weighted by molar-refractivity contribution is 5.76. The molecule has 5 heteroatoms. The van der Waals surface area contributed by atoms with Gasteiger partial charge in [0.1, 0.15) is 0 Å². The zero-order valence-electron chi connectivity index (χ0n) is 14.2. The first kappa shape index (κ1) is 17.1. The molecule has 2 heterocycles. The van der Waals surface area contributed by atoms with Crippen molar-refractivity contribution in [2.24, 2.45) is 0 Å². The van der Waals surface area contributed by atoms with Crippen LogP contribution in [0.15, 0.2) is 36.4 Å². The van der Waals surface area contributed by atoms with Gasteiger partial charge in [0.05, 0.1) is 19.1 Å². The molecule has 1 aromatic carbocycles. The minimum atomic E-state index is 0.0399. The molecule has 5 nitrogen and oxygen atoms in total. The molecule has 0 spiro atoms. The minimum Gasteiger partial charge on any atom is -0.375 e. The zero-order valence-corrected chi connectivity index (χ0v) is 14.2. The van der Waals surface area contributed by atoms with E-state index in [-0.39, 0.29) is 12.0 Å². The summed E-state index contributed by atoms with van der Waals surface area (Å²) in [5.74, 6) is 0.225. The highest BCUT2D eigenvalue weighted by Crippen LogP contribution is 2.09. The molecule has 2 aliphatic heterocycles. The van der Waals surface area contributed by atoms with Crippen molar-refractivity contribution in [3.05, 3.63) is 42.0 Å². The lowest BCUT2D eigenvalue weighted by molar-refractivity contribution is -0.136. The molecule has 2 saturated heterocycles. The molecule has 0 radical (unpaired) electrons. The van der Waals surface area contributed by atoms with Crippen LogP contribution in [0.25, 0.3) is 6.08 Å². The van der Waals surface area contributed by atoms with Crippen LogP contribution in [0.1, 0.15) is 12.0 Å². The maximum Gasteiger partial charge on any atom is 0.225 e. The molecule has 2 fully saturated rings. The van der Waals surface area contributed by atoms with Crippen LogP contribution in [0, 0.1) is 0 Å². The molecule has 1 unspecified atom stereocenters. The fraction of sp³-hybridized carbons (Fsp3) is 0.526. The van der Waals surface area contributed by atoms with Gasteiger partial charge in [0.15, 0.2) is 0 Å². The van der Waals surface area contributed by atoms with Gasteiger partial charge in [0, 0.05) is 45.8 Å². The molecular weight excluding hydrogens is 302 g/mol. The maximum absolute atomic E-state index is 12.4. The molecule has 1 aromatic rings. The van der Waals surface area contributed by atoms with Crippen LogP contribution in [-0.2, 0) is 9.53 Å². The van der Waals surface area contributed by atoms with Crippen LogP contribution in [0.5, 0.6) is 0 Å². The largest absolute Gasteiger partial charge is 0.375 e. The number of benzene rings is 1. The molecule has 0 aromatic heterocycles. The van der Waals surface area contributed by atoms with Crippen LogP contribution in [-0.4, -0.2) is 74.2 Å². The number of amides is 1. The van der Waals surface area contributed by atoms with Crippen molar-refractivity contribution < 1.29 is 9.53 Å². The molecule has 1 atom stereocenters. The number of hydrogen-bond acceptors (Lipinski definition) is 4. The summed E-state index contributed by atoms with van der Waals surface area (Å²) in [5.41, 5.74) is 1.23. The monoisotopic (exact) mass is 329 g/mol. The van der Waals surface area contributed by atoms with E-state index in [1.54, 1.807) is 0 Å². The number of ether oxygens (including phenoxy) is 1. The van der Waals surface area contributed by atoms with E-state index in [1.165, 1.54) is 5.56 Å². The van der Waals surface area contributed by atoms with Crippen molar-refractivity contribution in [3.63, 3.8) is 0 Å². The van der Waals surface area contributed by atoms with Gasteiger partial charge in [-0.1, -0.05) is 42.5 Å². The summed E-state index contributed by atoms with van der Waals surface area (Å²) in [6.07, 6.45) is 4.90. The number of morpholine rings is 1. The summed E-state index contributed by atoms with van der Waals surface area (Å²) in [5, 5.41) is 3.28. The minimum absolute atomic E-state index is 0.0399. The van der Waals surface area contributed by atoms with Crippen molar-refractivity contribution in [3.8, 4) is 0 Å². The second kappa shape index (κ2) is 8.97. The van der Waals surface area contributed by atoms with Gasteiger partial charge >= 0.3 is 0 Å². The molecule has 24 heavy (non-hydrogen) atoms. The molecule has 0 aliphatic carbocycles. The number of nitrogens with zero attached hydrogens (tertiary/aromatic N) is 2. The van der Waals surface area contributed by atoms with E-state index in [9.17, 15) is 4.79 Å². The summed E-state index contributed by atoms with van der Waals surface area (Å²) < 4.78 is 5.63. The average molecular weight is 329 g/mol.